The van der Waals surface area contributed by atoms with Crippen LogP contribution in [0.1, 0.15) is 16.6 Å². The molecule has 1 unspecified atom stereocenters. The van der Waals surface area contributed by atoms with Gasteiger partial charge in [0.1, 0.15) is 11.0 Å². The lowest BCUT2D eigenvalue weighted by Crippen LogP contribution is -2.19. The molecule has 0 fully saturated rings. The molecule has 78 valence electrons. The maximum Gasteiger partial charge on any atom is 0.350 e. The van der Waals surface area contributed by atoms with Crippen LogP contribution in [0, 0.1) is 0 Å². The summed E-state index contributed by atoms with van der Waals surface area (Å²) in [6.07, 6.45) is -0.256. The fourth-order valence-electron chi connectivity index (χ4n) is 0.990. The molecular weight excluding hydrogens is 202 g/mol. The average Bonchev–Trinajstić information content (AvgIpc) is 2.51. The molecule has 5 heteroatoms. The van der Waals surface area contributed by atoms with Crippen molar-refractivity contribution in [3.8, 4) is 0 Å². The Morgan fingerprint density at radius 1 is 1.71 bits per heavy atom. The van der Waals surface area contributed by atoms with Crippen molar-refractivity contribution in [2.45, 2.75) is 13.0 Å². The monoisotopic (exact) mass is 215 g/mol. The molecule has 14 heavy (non-hydrogen) atoms. The number of esters is 1. The Labute approximate surface area is 86.6 Å². The first-order chi connectivity index (χ1) is 6.65. The second-order valence-corrected chi connectivity index (χ2v) is 3.79. The summed E-state index contributed by atoms with van der Waals surface area (Å²) in [7, 11) is 1.56. The van der Waals surface area contributed by atoms with Gasteiger partial charge in [-0.25, -0.2) is 4.79 Å². The minimum absolute atomic E-state index is 0.256. The van der Waals surface area contributed by atoms with Crippen LogP contribution in [0.5, 0.6) is 0 Å². The van der Waals surface area contributed by atoms with Gasteiger partial charge in [0.15, 0.2) is 0 Å². The summed E-state index contributed by atoms with van der Waals surface area (Å²) in [5.41, 5.74) is 6.03. The predicted octanol–water partition coefficient (Wildman–Crippen LogP) is 1.52. The van der Waals surface area contributed by atoms with Crippen molar-refractivity contribution in [1.29, 1.82) is 0 Å². The molecule has 2 N–H and O–H groups in total. The highest BCUT2D eigenvalue weighted by Gasteiger charge is 2.15. The molecule has 0 saturated carbocycles. The summed E-state index contributed by atoms with van der Waals surface area (Å²) < 4.78 is 9.93. The van der Waals surface area contributed by atoms with E-state index in [4.69, 9.17) is 15.2 Å². The molecule has 1 heterocycles. The zero-order valence-electron chi connectivity index (χ0n) is 8.15. The third kappa shape index (κ3) is 2.71. The van der Waals surface area contributed by atoms with Gasteiger partial charge in [-0.2, -0.15) is 0 Å². The van der Waals surface area contributed by atoms with Gasteiger partial charge < -0.3 is 15.2 Å². The maximum atomic E-state index is 11.5. The zero-order valence-corrected chi connectivity index (χ0v) is 8.97. The number of ether oxygens (including phenoxy) is 2. The number of nitrogens with two attached hydrogens (primary N) is 1. The number of thiophene rings is 1. The molecule has 0 saturated heterocycles. The van der Waals surface area contributed by atoms with Crippen LogP contribution < -0.4 is 5.73 Å². The Balaban J connectivity index is 2.55. The third-order valence-corrected chi connectivity index (χ3v) is 2.50. The second kappa shape index (κ2) is 4.97. The van der Waals surface area contributed by atoms with E-state index in [1.807, 2.05) is 0 Å². The summed E-state index contributed by atoms with van der Waals surface area (Å²) >= 11 is 1.28. The number of carbonyl (C=O) groups is 1. The standard InChI is InChI=1S/C9H13NO3S/c1-6(5-12-2)13-9(11)8-7(10)3-4-14-8/h3-4,6H,5,10H2,1-2H3. The summed E-state index contributed by atoms with van der Waals surface area (Å²) in [5.74, 6) is -0.387. The van der Waals surface area contributed by atoms with Crippen LogP contribution in [0.3, 0.4) is 0 Å². The summed E-state index contributed by atoms with van der Waals surface area (Å²) in [4.78, 5) is 11.9. The van der Waals surface area contributed by atoms with E-state index in [1.54, 1.807) is 25.5 Å². The molecule has 1 aromatic rings. The minimum Gasteiger partial charge on any atom is -0.456 e. The Morgan fingerprint density at radius 3 is 2.93 bits per heavy atom. The van der Waals surface area contributed by atoms with Crippen LogP contribution >= 0.6 is 11.3 Å². The number of rotatable bonds is 4. The molecule has 0 spiro atoms. The van der Waals surface area contributed by atoms with E-state index in [0.717, 1.165) is 0 Å². The molecule has 1 aromatic heterocycles. The van der Waals surface area contributed by atoms with E-state index in [9.17, 15) is 4.79 Å². The highest BCUT2D eigenvalue weighted by molar-refractivity contribution is 7.12. The van der Waals surface area contributed by atoms with E-state index in [0.29, 0.717) is 17.2 Å². The smallest absolute Gasteiger partial charge is 0.350 e. The van der Waals surface area contributed by atoms with Crippen molar-refractivity contribution in [1.82, 2.24) is 0 Å². The number of hydrogen-bond donors (Lipinski definition) is 1. The zero-order chi connectivity index (χ0) is 10.6. The molecule has 4 nitrogen and oxygen atoms in total. The molecule has 0 aliphatic carbocycles. The number of nitrogen functional groups attached to an aromatic ring is 1. The van der Waals surface area contributed by atoms with Crippen LogP contribution in [0.25, 0.3) is 0 Å². The molecule has 1 atom stereocenters. The quantitative estimate of drug-likeness (QED) is 0.773. The fraction of sp³-hybridized carbons (Fsp3) is 0.444. The Morgan fingerprint density at radius 2 is 2.43 bits per heavy atom. The van der Waals surface area contributed by atoms with Gasteiger partial charge in [0, 0.05) is 7.11 Å². The second-order valence-electron chi connectivity index (χ2n) is 2.88. The molecule has 0 radical (unpaired) electrons. The summed E-state index contributed by atoms with van der Waals surface area (Å²) in [6.45, 7) is 2.15. The van der Waals surface area contributed by atoms with Gasteiger partial charge in [-0.3, -0.25) is 0 Å². The van der Waals surface area contributed by atoms with Crippen LogP contribution in [-0.4, -0.2) is 25.8 Å². The first kappa shape index (κ1) is 11.0. The Hall–Kier alpha value is -1.07. The molecule has 0 aromatic carbocycles. The molecule has 1 rings (SSSR count). The van der Waals surface area contributed by atoms with E-state index >= 15 is 0 Å². The average molecular weight is 215 g/mol. The number of anilines is 1. The highest BCUT2D eigenvalue weighted by Crippen LogP contribution is 2.20. The van der Waals surface area contributed by atoms with Crippen LogP contribution in [-0.2, 0) is 9.47 Å². The first-order valence-electron chi connectivity index (χ1n) is 4.18. The van der Waals surface area contributed by atoms with Crippen LogP contribution in [0.4, 0.5) is 5.69 Å². The van der Waals surface area contributed by atoms with E-state index < -0.39 is 0 Å². The van der Waals surface area contributed by atoms with Crippen molar-refractivity contribution in [3.63, 3.8) is 0 Å². The number of hydrogen-bond acceptors (Lipinski definition) is 5. The lowest BCUT2D eigenvalue weighted by atomic mass is 10.4. The topological polar surface area (TPSA) is 61.5 Å². The highest BCUT2D eigenvalue weighted by atomic mass is 32.1. The third-order valence-electron chi connectivity index (χ3n) is 1.59. The molecular formula is C9H13NO3S. The van der Waals surface area contributed by atoms with Crippen LogP contribution in [0.2, 0.25) is 0 Å². The Bertz CT molecular complexity index is 311. The predicted molar refractivity (Wildman–Crippen MR) is 55.5 cm³/mol. The minimum atomic E-state index is -0.387. The van der Waals surface area contributed by atoms with Crippen molar-refractivity contribution in [3.05, 3.63) is 16.3 Å². The SMILES string of the molecule is COCC(C)OC(=O)c1sccc1N. The largest absolute Gasteiger partial charge is 0.456 e. The summed E-state index contributed by atoms with van der Waals surface area (Å²) in [5, 5.41) is 1.76. The van der Waals surface area contributed by atoms with Crippen molar-refractivity contribution < 1.29 is 14.3 Å². The number of carbonyl (C=O) groups excluding carboxylic acids is 1. The lowest BCUT2D eigenvalue weighted by Gasteiger charge is -2.11. The Kier molecular flexibility index (Phi) is 3.91. The van der Waals surface area contributed by atoms with Gasteiger partial charge in [-0.05, 0) is 18.4 Å². The molecule has 0 aliphatic heterocycles. The van der Waals surface area contributed by atoms with Crippen molar-refractivity contribution >= 4 is 23.0 Å². The van der Waals surface area contributed by atoms with E-state index in [1.165, 1.54) is 11.3 Å². The van der Waals surface area contributed by atoms with Gasteiger partial charge >= 0.3 is 5.97 Å². The first-order valence-corrected chi connectivity index (χ1v) is 5.06. The number of methoxy groups -OCH3 is 1. The van der Waals surface area contributed by atoms with Crippen molar-refractivity contribution in [2.24, 2.45) is 0 Å². The lowest BCUT2D eigenvalue weighted by molar-refractivity contribution is 0.0126. The van der Waals surface area contributed by atoms with Crippen molar-refractivity contribution in [2.75, 3.05) is 19.5 Å². The fourth-order valence-corrected chi connectivity index (χ4v) is 1.69. The normalized spacial score (nSPS) is 12.4. The van der Waals surface area contributed by atoms with E-state index in [2.05, 4.69) is 0 Å². The van der Waals surface area contributed by atoms with Gasteiger partial charge in [0.25, 0.3) is 0 Å². The summed E-state index contributed by atoms with van der Waals surface area (Å²) in [6, 6.07) is 1.68. The van der Waals surface area contributed by atoms with Gasteiger partial charge in [-0.15, -0.1) is 11.3 Å². The molecule has 0 aliphatic rings. The van der Waals surface area contributed by atoms with Gasteiger partial charge in [0.05, 0.1) is 12.3 Å². The van der Waals surface area contributed by atoms with Gasteiger partial charge in [0.2, 0.25) is 0 Å². The van der Waals surface area contributed by atoms with Gasteiger partial charge in [-0.1, -0.05) is 0 Å². The maximum absolute atomic E-state index is 11.5. The van der Waals surface area contributed by atoms with E-state index in [-0.39, 0.29) is 12.1 Å². The van der Waals surface area contributed by atoms with Crippen LogP contribution in [0.15, 0.2) is 11.4 Å². The molecule has 0 bridgehead atoms. The molecule has 0 amide bonds.